The van der Waals surface area contributed by atoms with Crippen molar-refractivity contribution in [2.24, 2.45) is 5.92 Å². The molecule has 0 amide bonds. The Morgan fingerprint density at radius 1 is 1.19 bits per heavy atom. The first-order valence-corrected chi connectivity index (χ1v) is 8.84. The van der Waals surface area contributed by atoms with Gasteiger partial charge in [0.25, 0.3) is 0 Å². The van der Waals surface area contributed by atoms with Crippen molar-refractivity contribution in [1.82, 2.24) is 29.8 Å². The summed E-state index contributed by atoms with van der Waals surface area (Å²) in [5.74, 6) is 1.95. The van der Waals surface area contributed by atoms with Gasteiger partial charge >= 0.3 is 0 Å². The minimum atomic E-state index is 0.389. The van der Waals surface area contributed by atoms with E-state index in [4.69, 9.17) is 4.52 Å². The normalized spacial score (nSPS) is 17.7. The van der Waals surface area contributed by atoms with Gasteiger partial charge in [0.05, 0.1) is 11.4 Å². The van der Waals surface area contributed by atoms with Crippen molar-refractivity contribution in [2.75, 3.05) is 18.4 Å². The van der Waals surface area contributed by atoms with E-state index in [0.29, 0.717) is 11.9 Å². The Hall–Kier alpha value is -2.74. The Morgan fingerprint density at radius 3 is 2.81 bits per heavy atom. The van der Waals surface area contributed by atoms with Crippen LogP contribution in [0.4, 0.5) is 5.95 Å². The summed E-state index contributed by atoms with van der Waals surface area (Å²) in [4.78, 5) is 10.9. The van der Waals surface area contributed by atoms with Gasteiger partial charge in [0, 0.05) is 62.8 Å². The number of nitrogens with one attached hydrogen (secondary N) is 1. The van der Waals surface area contributed by atoms with Crippen molar-refractivity contribution in [3.63, 3.8) is 0 Å². The van der Waals surface area contributed by atoms with Crippen LogP contribution < -0.4 is 5.32 Å². The van der Waals surface area contributed by atoms with Crippen LogP contribution in [0.5, 0.6) is 0 Å². The monoisotopic (exact) mass is 353 g/mol. The molecule has 4 rings (SSSR count). The first-order valence-electron chi connectivity index (χ1n) is 8.84. The molecule has 1 aliphatic heterocycles. The van der Waals surface area contributed by atoms with Gasteiger partial charge in [0.15, 0.2) is 0 Å². The van der Waals surface area contributed by atoms with E-state index in [2.05, 4.69) is 41.2 Å². The predicted octanol–water partition coefficient (Wildman–Crippen LogP) is 2.02. The fourth-order valence-electron chi connectivity index (χ4n) is 3.45. The molecule has 0 saturated carbocycles. The molecule has 0 radical (unpaired) electrons. The van der Waals surface area contributed by atoms with E-state index < -0.39 is 0 Å². The summed E-state index contributed by atoms with van der Waals surface area (Å²) in [5.41, 5.74) is 3.37. The van der Waals surface area contributed by atoms with Crippen LogP contribution in [0.15, 0.2) is 35.2 Å². The number of aromatic nitrogens is 5. The molecule has 26 heavy (non-hydrogen) atoms. The molecule has 8 heteroatoms. The minimum Gasteiger partial charge on any atom is -0.361 e. The fourth-order valence-corrected chi connectivity index (χ4v) is 3.45. The molecule has 0 fully saturated rings. The highest BCUT2D eigenvalue weighted by molar-refractivity contribution is 5.23. The maximum Gasteiger partial charge on any atom is 0.222 e. The molecular formula is C18H23N7O. The average molecular weight is 353 g/mol. The standard InChI is InChI=1S/C18H23N7O/c1-13-17(14(2)26-23-13)12-24-9-15(8-21-18-19-5-3-6-20-18)10-25-16(11-24)4-7-22-25/h3-7,15H,8-12H2,1-2H3,(H,19,20,21)/t15-/m0/s1. The summed E-state index contributed by atoms with van der Waals surface area (Å²) in [6, 6.07) is 3.91. The van der Waals surface area contributed by atoms with Crippen LogP contribution in [0.25, 0.3) is 0 Å². The quantitative estimate of drug-likeness (QED) is 0.751. The van der Waals surface area contributed by atoms with Crippen LogP contribution in [0.1, 0.15) is 22.7 Å². The topological polar surface area (TPSA) is 84.9 Å². The maximum atomic E-state index is 5.33. The lowest BCUT2D eigenvalue weighted by atomic mass is 10.1. The fraction of sp³-hybridized carbons (Fsp3) is 0.444. The van der Waals surface area contributed by atoms with Gasteiger partial charge in [0.2, 0.25) is 5.95 Å². The minimum absolute atomic E-state index is 0.389. The Morgan fingerprint density at radius 2 is 2.04 bits per heavy atom. The molecule has 1 aliphatic rings. The second kappa shape index (κ2) is 7.25. The Balaban J connectivity index is 1.50. The summed E-state index contributed by atoms with van der Waals surface area (Å²) in [6.45, 7) is 8.28. The van der Waals surface area contributed by atoms with E-state index in [0.717, 1.165) is 44.2 Å². The van der Waals surface area contributed by atoms with Gasteiger partial charge in [0.1, 0.15) is 5.76 Å². The van der Waals surface area contributed by atoms with Crippen LogP contribution in [-0.2, 0) is 19.6 Å². The Labute approximate surface area is 152 Å². The van der Waals surface area contributed by atoms with Gasteiger partial charge in [-0.15, -0.1) is 0 Å². The lowest BCUT2D eigenvalue weighted by Crippen LogP contribution is -2.31. The number of aryl methyl sites for hydroxylation is 2. The van der Waals surface area contributed by atoms with Crippen molar-refractivity contribution in [2.45, 2.75) is 33.5 Å². The molecule has 1 atom stereocenters. The molecule has 0 unspecified atom stereocenters. The van der Waals surface area contributed by atoms with E-state index in [-0.39, 0.29) is 0 Å². The average Bonchev–Trinajstić information content (AvgIpc) is 3.16. The maximum absolute atomic E-state index is 5.33. The summed E-state index contributed by atoms with van der Waals surface area (Å²) >= 11 is 0. The van der Waals surface area contributed by atoms with Gasteiger partial charge in [-0.2, -0.15) is 5.10 Å². The molecular weight excluding hydrogens is 330 g/mol. The smallest absolute Gasteiger partial charge is 0.222 e. The zero-order valence-electron chi connectivity index (χ0n) is 15.1. The highest BCUT2D eigenvalue weighted by Crippen LogP contribution is 2.21. The van der Waals surface area contributed by atoms with Gasteiger partial charge < -0.3 is 9.84 Å². The van der Waals surface area contributed by atoms with E-state index in [1.54, 1.807) is 12.4 Å². The zero-order valence-corrected chi connectivity index (χ0v) is 15.1. The molecule has 3 aromatic rings. The number of anilines is 1. The molecule has 0 bridgehead atoms. The highest BCUT2D eigenvalue weighted by Gasteiger charge is 2.24. The van der Waals surface area contributed by atoms with Crippen molar-refractivity contribution in [3.8, 4) is 0 Å². The Bertz CT molecular complexity index is 838. The third-order valence-electron chi connectivity index (χ3n) is 4.82. The third-order valence-corrected chi connectivity index (χ3v) is 4.82. The largest absolute Gasteiger partial charge is 0.361 e. The predicted molar refractivity (Wildman–Crippen MR) is 96.3 cm³/mol. The van der Waals surface area contributed by atoms with Crippen molar-refractivity contribution >= 4 is 5.95 Å². The summed E-state index contributed by atoms with van der Waals surface area (Å²) in [5, 5.41) is 11.9. The number of hydrogen-bond donors (Lipinski definition) is 1. The Kier molecular flexibility index (Phi) is 4.66. The van der Waals surface area contributed by atoms with Crippen molar-refractivity contribution < 1.29 is 4.52 Å². The van der Waals surface area contributed by atoms with E-state index >= 15 is 0 Å². The van der Waals surface area contributed by atoms with Crippen LogP contribution in [0.2, 0.25) is 0 Å². The molecule has 0 spiro atoms. The molecule has 8 nitrogen and oxygen atoms in total. The second-order valence-corrected chi connectivity index (χ2v) is 6.80. The van der Waals surface area contributed by atoms with Gasteiger partial charge in [-0.3, -0.25) is 9.58 Å². The number of nitrogens with zero attached hydrogens (tertiary/aromatic N) is 6. The molecule has 4 heterocycles. The number of rotatable bonds is 5. The first kappa shape index (κ1) is 16.7. The molecule has 0 saturated heterocycles. The van der Waals surface area contributed by atoms with E-state index in [1.165, 1.54) is 11.3 Å². The molecule has 0 aromatic carbocycles. The van der Waals surface area contributed by atoms with Gasteiger partial charge in [-0.05, 0) is 26.0 Å². The number of hydrogen-bond acceptors (Lipinski definition) is 7. The lowest BCUT2D eigenvalue weighted by molar-refractivity contribution is 0.224. The SMILES string of the molecule is Cc1noc(C)c1CN1Cc2ccnn2C[C@@H](CNc2ncccn2)C1. The van der Waals surface area contributed by atoms with Crippen LogP contribution in [-0.4, -0.2) is 42.9 Å². The summed E-state index contributed by atoms with van der Waals surface area (Å²) < 4.78 is 7.43. The van der Waals surface area contributed by atoms with Gasteiger partial charge in [-0.1, -0.05) is 5.16 Å². The van der Waals surface area contributed by atoms with Crippen molar-refractivity contribution in [3.05, 3.63) is 53.4 Å². The molecule has 3 aromatic heterocycles. The molecule has 0 aliphatic carbocycles. The zero-order chi connectivity index (χ0) is 17.9. The van der Waals surface area contributed by atoms with Gasteiger partial charge in [-0.25, -0.2) is 9.97 Å². The summed E-state index contributed by atoms with van der Waals surface area (Å²) in [7, 11) is 0. The third kappa shape index (κ3) is 3.60. The van der Waals surface area contributed by atoms with Crippen molar-refractivity contribution in [1.29, 1.82) is 0 Å². The van der Waals surface area contributed by atoms with Crippen LogP contribution >= 0.6 is 0 Å². The molecule has 1 N–H and O–H groups in total. The summed E-state index contributed by atoms with van der Waals surface area (Å²) in [6.07, 6.45) is 5.37. The van der Waals surface area contributed by atoms with Crippen LogP contribution in [0.3, 0.4) is 0 Å². The van der Waals surface area contributed by atoms with E-state index in [9.17, 15) is 0 Å². The van der Waals surface area contributed by atoms with E-state index in [1.807, 2.05) is 26.1 Å². The lowest BCUT2D eigenvalue weighted by Gasteiger charge is -2.24. The number of fused-ring (bicyclic) bond motifs is 1. The van der Waals surface area contributed by atoms with Crippen LogP contribution in [0, 0.1) is 19.8 Å². The molecule has 136 valence electrons. The highest BCUT2D eigenvalue weighted by atomic mass is 16.5. The second-order valence-electron chi connectivity index (χ2n) is 6.80. The first-order chi connectivity index (χ1) is 12.7.